The molecule has 1 N–H and O–H groups in total. The Hall–Kier alpha value is -0.580. The average Bonchev–Trinajstić information content (AvgIpc) is 3.25. The average molecular weight is 342 g/mol. The van der Waals surface area contributed by atoms with Crippen LogP contribution in [0, 0.1) is 5.92 Å². The van der Waals surface area contributed by atoms with Crippen molar-refractivity contribution < 1.29 is 9.47 Å². The van der Waals surface area contributed by atoms with Gasteiger partial charge >= 0.3 is 0 Å². The largest absolute Gasteiger partial charge is 0.467 e. The van der Waals surface area contributed by atoms with Gasteiger partial charge in [0.15, 0.2) is 6.79 Å². The SMILES string of the molecule is CCCNC(C)c1ccc(Br)cc1OCOCC1CC1. The second-order valence-corrected chi connectivity index (χ2v) is 6.35. The maximum atomic E-state index is 5.81. The Morgan fingerprint density at radius 1 is 1.40 bits per heavy atom. The Labute approximate surface area is 130 Å². The van der Waals surface area contributed by atoms with Crippen molar-refractivity contribution in [2.45, 2.75) is 39.2 Å². The van der Waals surface area contributed by atoms with Crippen LogP contribution in [0.15, 0.2) is 22.7 Å². The molecule has 1 aliphatic carbocycles. The molecule has 1 fully saturated rings. The third-order valence-corrected chi connectivity index (χ3v) is 3.98. The molecule has 3 nitrogen and oxygen atoms in total. The molecule has 1 aromatic rings. The van der Waals surface area contributed by atoms with Gasteiger partial charge in [0.25, 0.3) is 0 Å². The fourth-order valence-electron chi connectivity index (χ4n) is 2.07. The van der Waals surface area contributed by atoms with Crippen molar-refractivity contribution >= 4 is 15.9 Å². The first-order valence-corrected chi connectivity index (χ1v) is 8.23. The standard InChI is InChI=1S/C16H24BrNO2/c1-3-8-18-12(2)15-7-6-14(17)9-16(15)20-11-19-10-13-4-5-13/h6-7,9,12-13,18H,3-5,8,10-11H2,1-2H3. The summed E-state index contributed by atoms with van der Waals surface area (Å²) in [5.74, 6) is 1.66. The molecule has 4 heteroatoms. The zero-order valence-corrected chi connectivity index (χ0v) is 13.9. The van der Waals surface area contributed by atoms with Crippen LogP contribution in [-0.4, -0.2) is 19.9 Å². The smallest absolute Gasteiger partial charge is 0.189 e. The number of ether oxygens (including phenoxy) is 2. The van der Waals surface area contributed by atoms with Gasteiger partial charge in [-0.25, -0.2) is 0 Å². The molecule has 0 saturated heterocycles. The molecular weight excluding hydrogens is 318 g/mol. The Balaban J connectivity index is 1.91. The van der Waals surface area contributed by atoms with Crippen LogP contribution in [0.1, 0.15) is 44.7 Å². The van der Waals surface area contributed by atoms with Gasteiger partial charge in [0.1, 0.15) is 5.75 Å². The van der Waals surface area contributed by atoms with Gasteiger partial charge in [-0.05, 0) is 50.8 Å². The highest BCUT2D eigenvalue weighted by Crippen LogP contribution is 2.30. The summed E-state index contributed by atoms with van der Waals surface area (Å²) in [6.07, 6.45) is 3.74. The van der Waals surface area contributed by atoms with Crippen LogP contribution in [0.25, 0.3) is 0 Å². The number of rotatable bonds is 9. The van der Waals surface area contributed by atoms with E-state index in [2.05, 4.69) is 47.2 Å². The first kappa shape index (κ1) is 15.8. The molecule has 0 amide bonds. The zero-order valence-electron chi connectivity index (χ0n) is 12.3. The molecule has 2 rings (SSSR count). The number of halogens is 1. The van der Waals surface area contributed by atoms with Gasteiger partial charge in [0, 0.05) is 16.1 Å². The summed E-state index contributed by atoms with van der Waals surface area (Å²) < 4.78 is 12.4. The highest BCUT2D eigenvalue weighted by Gasteiger charge is 2.21. The Morgan fingerprint density at radius 2 is 2.20 bits per heavy atom. The summed E-state index contributed by atoms with van der Waals surface area (Å²) in [7, 11) is 0. The Morgan fingerprint density at radius 3 is 2.90 bits per heavy atom. The molecule has 0 aromatic heterocycles. The normalized spacial score (nSPS) is 16.1. The lowest BCUT2D eigenvalue weighted by molar-refractivity contribution is 0.00921. The van der Waals surface area contributed by atoms with Crippen molar-refractivity contribution in [3.8, 4) is 5.75 Å². The van der Waals surface area contributed by atoms with Gasteiger partial charge in [0.05, 0.1) is 6.61 Å². The second kappa shape index (κ2) is 8.01. The number of hydrogen-bond acceptors (Lipinski definition) is 3. The molecule has 1 aliphatic rings. The number of benzene rings is 1. The van der Waals surface area contributed by atoms with E-state index in [-0.39, 0.29) is 6.04 Å². The van der Waals surface area contributed by atoms with E-state index in [1.165, 1.54) is 18.4 Å². The predicted molar refractivity (Wildman–Crippen MR) is 85.0 cm³/mol. The first-order chi connectivity index (χ1) is 9.70. The minimum Gasteiger partial charge on any atom is -0.467 e. The molecule has 0 radical (unpaired) electrons. The lowest BCUT2D eigenvalue weighted by Gasteiger charge is -2.18. The second-order valence-electron chi connectivity index (χ2n) is 5.43. The van der Waals surface area contributed by atoms with Crippen molar-refractivity contribution in [3.05, 3.63) is 28.2 Å². The molecule has 1 atom stereocenters. The zero-order chi connectivity index (χ0) is 14.4. The summed E-state index contributed by atoms with van der Waals surface area (Å²) in [5, 5.41) is 3.49. The van der Waals surface area contributed by atoms with E-state index < -0.39 is 0 Å². The molecule has 0 aliphatic heterocycles. The third-order valence-electron chi connectivity index (χ3n) is 3.49. The lowest BCUT2D eigenvalue weighted by atomic mass is 10.1. The van der Waals surface area contributed by atoms with E-state index in [0.29, 0.717) is 6.79 Å². The topological polar surface area (TPSA) is 30.5 Å². The van der Waals surface area contributed by atoms with E-state index in [0.717, 1.165) is 35.7 Å². The van der Waals surface area contributed by atoms with E-state index in [1.807, 2.05) is 6.07 Å². The molecule has 0 spiro atoms. The van der Waals surface area contributed by atoms with Crippen LogP contribution < -0.4 is 10.1 Å². The van der Waals surface area contributed by atoms with Crippen LogP contribution >= 0.6 is 15.9 Å². The van der Waals surface area contributed by atoms with Crippen molar-refractivity contribution in [2.24, 2.45) is 5.92 Å². The third kappa shape index (κ3) is 5.08. The molecule has 1 saturated carbocycles. The maximum Gasteiger partial charge on any atom is 0.189 e. The van der Waals surface area contributed by atoms with Crippen molar-refractivity contribution in [2.75, 3.05) is 19.9 Å². The number of nitrogens with one attached hydrogen (secondary N) is 1. The summed E-state index contributed by atoms with van der Waals surface area (Å²) in [6.45, 7) is 6.50. The van der Waals surface area contributed by atoms with Crippen LogP contribution in [0.5, 0.6) is 5.75 Å². The highest BCUT2D eigenvalue weighted by molar-refractivity contribution is 9.10. The van der Waals surface area contributed by atoms with Crippen LogP contribution in [0.2, 0.25) is 0 Å². The number of hydrogen-bond donors (Lipinski definition) is 1. The van der Waals surface area contributed by atoms with Gasteiger partial charge in [-0.3, -0.25) is 0 Å². The molecule has 1 aromatic carbocycles. The van der Waals surface area contributed by atoms with Gasteiger partial charge in [-0.15, -0.1) is 0 Å². The van der Waals surface area contributed by atoms with Gasteiger partial charge < -0.3 is 14.8 Å². The molecule has 0 bridgehead atoms. The fraction of sp³-hybridized carbons (Fsp3) is 0.625. The van der Waals surface area contributed by atoms with Crippen molar-refractivity contribution in [3.63, 3.8) is 0 Å². The molecule has 20 heavy (non-hydrogen) atoms. The lowest BCUT2D eigenvalue weighted by Crippen LogP contribution is -2.20. The molecule has 0 heterocycles. The first-order valence-electron chi connectivity index (χ1n) is 7.44. The van der Waals surface area contributed by atoms with E-state index >= 15 is 0 Å². The monoisotopic (exact) mass is 341 g/mol. The predicted octanol–water partition coefficient (Wildman–Crippen LogP) is 4.27. The van der Waals surface area contributed by atoms with E-state index in [4.69, 9.17) is 9.47 Å². The van der Waals surface area contributed by atoms with Crippen LogP contribution in [-0.2, 0) is 4.74 Å². The van der Waals surface area contributed by atoms with E-state index in [1.54, 1.807) is 0 Å². The maximum absolute atomic E-state index is 5.81. The summed E-state index contributed by atoms with van der Waals surface area (Å²) in [5.41, 5.74) is 1.18. The quantitative estimate of drug-likeness (QED) is 0.537. The summed E-state index contributed by atoms with van der Waals surface area (Å²) in [4.78, 5) is 0. The van der Waals surface area contributed by atoms with Gasteiger partial charge in [-0.2, -0.15) is 0 Å². The van der Waals surface area contributed by atoms with Gasteiger partial charge in [-0.1, -0.05) is 28.9 Å². The van der Waals surface area contributed by atoms with Crippen molar-refractivity contribution in [1.29, 1.82) is 0 Å². The highest BCUT2D eigenvalue weighted by atomic mass is 79.9. The van der Waals surface area contributed by atoms with Crippen molar-refractivity contribution in [1.82, 2.24) is 5.32 Å². The minimum absolute atomic E-state index is 0.279. The minimum atomic E-state index is 0.279. The van der Waals surface area contributed by atoms with Crippen LogP contribution in [0.3, 0.4) is 0 Å². The molecular formula is C16H24BrNO2. The Kier molecular flexibility index (Phi) is 6.33. The summed E-state index contributed by atoms with van der Waals surface area (Å²) in [6, 6.07) is 6.45. The van der Waals surface area contributed by atoms with Gasteiger partial charge in [0.2, 0.25) is 0 Å². The van der Waals surface area contributed by atoms with Crippen LogP contribution in [0.4, 0.5) is 0 Å². The summed E-state index contributed by atoms with van der Waals surface area (Å²) >= 11 is 3.50. The molecule has 112 valence electrons. The fourth-order valence-corrected chi connectivity index (χ4v) is 2.41. The Bertz CT molecular complexity index is 421. The molecule has 1 unspecified atom stereocenters. The van der Waals surface area contributed by atoms with E-state index in [9.17, 15) is 0 Å².